The van der Waals surface area contributed by atoms with E-state index in [1.807, 2.05) is 0 Å². The lowest BCUT2D eigenvalue weighted by molar-refractivity contribution is 0.102. The molecular formula is C39H27N3O12S3. The molecule has 0 saturated carbocycles. The Kier molecular flexibility index (Phi) is 9.86. The SMILES string of the molecule is O=C(Nc1cccc2cc(S(=O)(=O)O)ccc12)c1cc(C(=O)Nc2cccc3cc(S(=O)(=O)O)ccc23)cc(C(=O)Nc2cccc3cc(S(=O)(=O)O)ccc23)c1. The molecule has 0 spiro atoms. The van der Waals surface area contributed by atoms with Crippen LogP contribution in [0.2, 0.25) is 0 Å². The second-order valence-corrected chi connectivity index (χ2v) is 16.9. The lowest BCUT2D eigenvalue weighted by Crippen LogP contribution is -2.19. The van der Waals surface area contributed by atoms with E-state index in [2.05, 4.69) is 16.0 Å². The van der Waals surface area contributed by atoms with E-state index in [1.54, 1.807) is 54.6 Å². The average molecular weight is 826 g/mol. The third kappa shape index (κ3) is 8.21. The molecule has 15 nitrogen and oxygen atoms in total. The molecule has 18 heteroatoms. The number of carbonyl (C=O) groups is 3. The van der Waals surface area contributed by atoms with E-state index < -0.39 is 48.1 Å². The third-order valence-electron chi connectivity index (χ3n) is 8.91. The molecule has 0 atom stereocenters. The van der Waals surface area contributed by atoms with E-state index in [0.717, 1.165) is 18.2 Å². The first-order valence-electron chi connectivity index (χ1n) is 16.5. The summed E-state index contributed by atoms with van der Waals surface area (Å²) >= 11 is 0. The molecule has 0 fully saturated rings. The predicted molar refractivity (Wildman–Crippen MR) is 212 cm³/mol. The summed E-state index contributed by atoms with van der Waals surface area (Å²) in [5.74, 6) is -2.30. The number of rotatable bonds is 9. The minimum atomic E-state index is -4.52. The highest BCUT2D eigenvalue weighted by Crippen LogP contribution is 2.30. The number of fused-ring (bicyclic) bond motifs is 3. The van der Waals surface area contributed by atoms with Crippen LogP contribution in [0.3, 0.4) is 0 Å². The summed E-state index contributed by atoms with van der Waals surface area (Å²) in [4.78, 5) is 40.6. The molecule has 0 aliphatic carbocycles. The minimum Gasteiger partial charge on any atom is -0.321 e. The van der Waals surface area contributed by atoms with Gasteiger partial charge < -0.3 is 16.0 Å². The molecule has 0 aliphatic heterocycles. The maximum atomic E-state index is 13.9. The van der Waals surface area contributed by atoms with Gasteiger partial charge in [0.15, 0.2) is 0 Å². The molecule has 0 unspecified atom stereocenters. The van der Waals surface area contributed by atoms with Crippen LogP contribution >= 0.6 is 0 Å². The monoisotopic (exact) mass is 825 g/mol. The van der Waals surface area contributed by atoms with Crippen LogP contribution in [-0.2, 0) is 30.4 Å². The Bertz CT molecular complexity index is 2850. The molecule has 3 amide bonds. The van der Waals surface area contributed by atoms with E-state index in [-0.39, 0.29) is 48.4 Å². The van der Waals surface area contributed by atoms with Gasteiger partial charge >= 0.3 is 0 Å². The van der Waals surface area contributed by atoms with E-state index in [9.17, 15) is 53.3 Å². The molecule has 7 rings (SSSR count). The summed E-state index contributed by atoms with van der Waals surface area (Å²) in [6.45, 7) is 0. The van der Waals surface area contributed by atoms with Gasteiger partial charge in [-0.3, -0.25) is 28.0 Å². The third-order valence-corrected chi connectivity index (χ3v) is 11.5. The van der Waals surface area contributed by atoms with E-state index in [4.69, 9.17) is 0 Å². The van der Waals surface area contributed by atoms with Crippen LogP contribution < -0.4 is 16.0 Å². The molecule has 0 aliphatic rings. The molecule has 57 heavy (non-hydrogen) atoms. The maximum absolute atomic E-state index is 13.9. The first-order valence-corrected chi connectivity index (χ1v) is 20.8. The maximum Gasteiger partial charge on any atom is 0.294 e. The van der Waals surface area contributed by atoms with Gasteiger partial charge in [0.1, 0.15) is 0 Å². The van der Waals surface area contributed by atoms with Crippen LogP contribution in [-0.4, -0.2) is 56.6 Å². The van der Waals surface area contributed by atoms with Gasteiger partial charge in [0.2, 0.25) is 0 Å². The molecule has 0 aromatic heterocycles. The summed E-state index contributed by atoms with van der Waals surface area (Å²) in [5.41, 5.74) is 0.267. The highest BCUT2D eigenvalue weighted by molar-refractivity contribution is 7.86. The summed E-state index contributed by atoms with van der Waals surface area (Å²) in [5, 5.41) is 10.5. The van der Waals surface area contributed by atoms with Gasteiger partial charge in [0.25, 0.3) is 48.1 Å². The van der Waals surface area contributed by atoms with Crippen LogP contribution in [0.1, 0.15) is 31.1 Å². The first-order chi connectivity index (χ1) is 26.8. The number of carbonyl (C=O) groups excluding carboxylic acids is 3. The van der Waals surface area contributed by atoms with Crippen LogP contribution in [0, 0.1) is 0 Å². The molecule has 7 aromatic rings. The highest BCUT2D eigenvalue weighted by Gasteiger charge is 2.21. The largest absolute Gasteiger partial charge is 0.321 e. The lowest BCUT2D eigenvalue weighted by atomic mass is 10.0. The van der Waals surface area contributed by atoms with Crippen molar-refractivity contribution in [2.45, 2.75) is 14.7 Å². The minimum absolute atomic E-state index is 0.147. The van der Waals surface area contributed by atoms with Crippen molar-refractivity contribution in [1.29, 1.82) is 0 Å². The summed E-state index contributed by atoms with van der Waals surface area (Å²) in [6, 6.07) is 29.0. The van der Waals surface area contributed by atoms with Crippen molar-refractivity contribution in [3.63, 3.8) is 0 Å². The fraction of sp³-hybridized carbons (Fsp3) is 0. The van der Waals surface area contributed by atoms with Gasteiger partial charge in [-0.15, -0.1) is 0 Å². The van der Waals surface area contributed by atoms with Gasteiger partial charge in [-0.2, -0.15) is 25.3 Å². The zero-order chi connectivity index (χ0) is 40.9. The van der Waals surface area contributed by atoms with E-state index >= 15 is 0 Å². The Morgan fingerprint density at radius 1 is 0.368 bits per heavy atom. The van der Waals surface area contributed by atoms with Crippen LogP contribution in [0.5, 0.6) is 0 Å². The molecule has 6 N–H and O–H groups in total. The Labute approximate surface area is 324 Å². The van der Waals surface area contributed by atoms with Gasteiger partial charge in [-0.1, -0.05) is 54.6 Å². The topological polar surface area (TPSA) is 250 Å². The van der Waals surface area contributed by atoms with Crippen molar-refractivity contribution in [2.75, 3.05) is 16.0 Å². The van der Waals surface area contributed by atoms with E-state index in [0.29, 0.717) is 32.3 Å². The molecule has 0 saturated heterocycles. The fourth-order valence-corrected chi connectivity index (χ4v) is 7.75. The van der Waals surface area contributed by atoms with Crippen LogP contribution in [0.15, 0.2) is 142 Å². The average Bonchev–Trinajstić information content (AvgIpc) is 3.16. The van der Waals surface area contributed by atoms with Gasteiger partial charge in [0, 0.05) is 49.9 Å². The van der Waals surface area contributed by atoms with Crippen molar-refractivity contribution in [3.8, 4) is 0 Å². The van der Waals surface area contributed by atoms with Gasteiger partial charge in [0.05, 0.1) is 14.7 Å². The molecule has 0 bridgehead atoms. The number of hydrogen-bond donors (Lipinski definition) is 6. The van der Waals surface area contributed by atoms with Crippen LogP contribution in [0.25, 0.3) is 32.3 Å². The van der Waals surface area contributed by atoms with Gasteiger partial charge in [-0.05, 0) is 89.0 Å². The van der Waals surface area contributed by atoms with Crippen molar-refractivity contribution < 1.29 is 53.3 Å². The standard InChI is InChI=1S/C39H27N3O12S3/c43-37(40-34-7-1-4-22-19-28(55(46,47)48)10-13-31(22)34)25-16-26(38(44)41-35-8-2-5-23-20-29(56(49,50)51)11-14-32(23)35)18-27(17-25)39(45)42-36-9-3-6-24-21-30(57(52,53)54)12-15-33(24)36/h1-21H,(H,40,43)(H,41,44)(H,42,45)(H,46,47,48)(H,49,50,51)(H,52,53,54). The molecule has 0 heterocycles. The highest BCUT2D eigenvalue weighted by atomic mass is 32.2. The summed E-state index contributed by atoms with van der Waals surface area (Å²) < 4.78 is 98.8. The van der Waals surface area contributed by atoms with Crippen LogP contribution in [0.4, 0.5) is 17.1 Å². The quantitative estimate of drug-likeness (QED) is 0.0838. The number of amides is 3. The predicted octanol–water partition coefficient (Wildman–Crippen LogP) is 6.64. The molecule has 288 valence electrons. The Morgan fingerprint density at radius 2 is 0.632 bits per heavy atom. The fourth-order valence-electron chi connectivity index (χ4n) is 6.20. The Hall–Kier alpha value is -6.54. The Balaban J connectivity index is 1.27. The molecular weight excluding hydrogens is 799 g/mol. The van der Waals surface area contributed by atoms with Crippen molar-refractivity contribution in [2.24, 2.45) is 0 Å². The number of anilines is 3. The lowest BCUT2D eigenvalue weighted by Gasteiger charge is -2.14. The zero-order valence-electron chi connectivity index (χ0n) is 28.9. The van der Waals surface area contributed by atoms with Crippen molar-refractivity contribution in [3.05, 3.63) is 144 Å². The smallest absolute Gasteiger partial charge is 0.294 e. The second-order valence-electron chi connectivity index (χ2n) is 12.7. The summed E-state index contributed by atoms with van der Waals surface area (Å²) in [7, 11) is -13.5. The van der Waals surface area contributed by atoms with Crippen molar-refractivity contribution >= 4 is 97.5 Å². The van der Waals surface area contributed by atoms with E-state index in [1.165, 1.54) is 54.6 Å². The number of hydrogen-bond acceptors (Lipinski definition) is 9. The number of nitrogens with one attached hydrogen (secondary N) is 3. The second kappa shape index (κ2) is 14.5. The zero-order valence-corrected chi connectivity index (χ0v) is 31.3. The molecule has 7 aromatic carbocycles. The molecule has 0 radical (unpaired) electrons. The normalized spacial score (nSPS) is 12.1. The van der Waals surface area contributed by atoms with Gasteiger partial charge in [-0.25, -0.2) is 0 Å². The first kappa shape index (κ1) is 38.7. The Morgan fingerprint density at radius 3 is 0.877 bits per heavy atom. The number of benzene rings is 7. The van der Waals surface area contributed by atoms with Crippen molar-refractivity contribution in [1.82, 2.24) is 0 Å². The summed E-state index contributed by atoms with van der Waals surface area (Å²) in [6.07, 6.45) is 0.